The van der Waals surface area contributed by atoms with Gasteiger partial charge in [0.2, 0.25) is 0 Å². The number of aliphatic hydroxyl groups is 1. The minimum Gasteiger partial charge on any atom is -0.396 e. The van der Waals surface area contributed by atoms with E-state index in [1.54, 1.807) is 0 Å². The highest BCUT2D eigenvalue weighted by atomic mass is 32.2. The maximum atomic E-state index is 8.46. The van der Waals surface area contributed by atoms with E-state index in [0.717, 1.165) is 25.2 Å². The molecule has 0 rings (SSSR count). The maximum absolute atomic E-state index is 8.46. The van der Waals surface area contributed by atoms with Gasteiger partial charge in [0.15, 0.2) is 0 Å². The molecule has 0 aliphatic heterocycles. The van der Waals surface area contributed by atoms with Crippen LogP contribution >= 0.6 is 12.0 Å². The molecule has 0 saturated heterocycles. The zero-order valence-corrected chi connectivity index (χ0v) is 8.19. The second kappa shape index (κ2) is 8.37. The topological polar surface area (TPSA) is 29.5 Å². The van der Waals surface area contributed by atoms with Crippen molar-refractivity contribution in [3.8, 4) is 0 Å². The summed E-state index contributed by atoms with van der Waals surface area (Å²) in [5.74, 6) is 1.60. The zero-order chi connectivity index (χ0) is 8.53. The standard InChI is InChI=1S/C8H18O2S/c1-8(2)7-10-11-6-4-3-5-9/h8-9H,3-7H2,1-2H3. The molecule has 0 saturated carbocycles. The lowest BCUT2D eigenvalue weighted by molar-refractivity contribution is 0.286. The Balaban J connectivity index is 2.80. The van der Waals surface area contributed by atoms with E-state index >= 15 is 0 Å². The quantitative estimate of drug-likeness (QED) is 0.478. The molecule has 0 aliphatic rings. The highest BCUT2D eigenvalue weighted by molar-refractivity contribution is 7.94. The predicted octanol–water partition coefficient (Wildman–Crippen LogP) is 2.08. The van der Waals surface area contributed by atoms with Gasteiger partial charge in [-0.05, 0) is 30.8 Å². The van der Waals surface area contributed by atoms with E-state index in [4.69, 9.17) is 9.29 Å². The van der Waals surface area contributed by atoms with Crippen molar-refractivity contribution in [1.82, 2.24) is 0 Å². The maximum Gasteiger partial charge on any atom is 0.0636 e. The molecule has 0 unspecified atom stereocenters. The van der Waals surface area contributed by atoms with Crippen molar-refractivity contribution >= 4 is 12.0 Å². The van der Waals surface area contributed by atoms with Gasteiger partial charge in [-0.1, -0.05) is 13.8 Å². The van der Waals surface area contributed by atoms with Crippen molar-refractivity contribution in [2.24, 2.45) is 5.92 Å². The van der Waals surface area contributed by atoms with Crippen LogP contribution in [0.4, 0.5) is 0 Å². The average Bonchev–Trinajstić information content (AvgIpc) is 1.96. The number of rotatable bonds is 7. The lowest BCUT2D eigenvalue weighted by Gasteiger charge is -2.04. The van der Waals surface area contributed by atoms with Crippen molar-refractivity contribution in [3.05, 3.63) is 0 Å². The highest BCUT2D eigenvalue weighted by Crippen LogP contribution is 2.08. The summed E-state index contributed by atoms with van der Waals surface area (Å²) in [6.45, 7) is 5.39. The molecule has 11 heavy (non-hydrogen) atoms. The van der Waals surface area contributed by atoms with Crippen LogP contribution < -0.4 is 0 Å². The number of unbranched alkanes of at least 4 members (excludes halogenated alkanes) is 1. The second-order valence-corrected chi connectivity index (χ2v) is 3.81. The molecule has 0 aromatic carbocycles. The Labute approximate surface area is 73.5 Å². The fourth-order valence-corrected chi connectivity index (χ4v) is 1.32. The Morgan fingerprint density at radius 3 is 2.64 bits per heavy atom. The molecular weight excluding hydrogens is 160 g/mol. The molecule has 0 aromatic rings. The monoisotopic (exact) mass is 178 g/mol. The Hall–Kier alpha value is 0.270. The van der Waals surface area contributed by atoms with Gasteiger partial charge in [0.05, 0.1) is 6.61 Å². The van der Waals surface area contributed by atoms with Gasteiger partial charge in [-0.2, -0.15) is 0 Å². The summed E-state index contributed by atoms with van der Waals surface area (Å²) in [7, 11) is 0. The summed E-state index contributed by atoms with van der Waals surface area (Å²) in [5, 5.41) is 8.46. The van der Waals surface area contributed by atoms with Gasteiger partial charge in [0.1, 0.15) is 0 Å². The van der Waals surface area contributed by atoms with Crippen LogP contribution in [0.2, 0.25) is 0 Å². The molecule has 0 fully saturated rings. The van der Waals surface area contributed by atoms with Gasteiger partial charge >= 0.3 is 0 Å². The van der Waals surface area contributed by atoms with Gasteiger partial charge in [-0.25, -0.2) is 0 Å². The Kier molecular flexibility index (Phi) is 8.57. The van der Waals surface area contributed by atoms with Crippen molar-refractivity contribution in [2.45, 2.75) is 26.7 Å². The van der Waals surface area contributed by atoms with E-state index in [1.165, 1.54) is 12.0 Å². The molecule has 68 valence electrons. The molecule has 0 heterocycles. The summed E-state index contributed by atoms with van der Waals surface area (Å²) in [6.07, 6.45) is 1.93. The third-order valence-corrected chi connectivity index (χ3v) is 1.88. The molecule has 1 N–H and O–H groups in total. The molecule has 0 amide bonds. The van der Waals surface area contributed by atoms with Crippen molar-refractivity contribution in [3.63, 3.8) is 0 Å². The van der Waals surface area contributed by atoms with Crippen LogP contribution in [0.15, 0.2) is 0 Å². The normalized spacial score (nSPS) is 10.9. The van der Waals surface area contributed by atoms with Crippen LogP contribution in [0.25, 0.3) is 0 Å². The average molecular weight is 178 g/mol. The Bertz CT molecular complexity index is 76.5. The van der Waals surface area contributed by atoms with Gasteiger partial charge in [0.25, 0.3) is 0 Å². The summed E-state index contributed by atoms with van der Waals surface area (Å²) in [5.41, 5.74) is 0. The molecule has 0 atom stereocenters. The molecule has 3 heteroatoms. The van der Waals surface area contributed by atoms with Crippen molar-refractivity contribution in [1.29, 1.82) is 0 Å². The highest BCUT2D eigenvalue weighted by Gasteiger charge is 1.94. The Morgan fingerprint density at radius 2 is 2.09 bits per heavy atom. The van der Waals surface area contributed by atoms with Gasteiger partial charge in [-0.15, -0.1) is 0 Å². The van der Waals surface area contributed by atoms with E-state index in [0.29, 0.717) is 12.5 Å². The summed E-state index contributed by atoms with van der Waals surface area (Å²) >= 11 is 1.51. The zero-order valence-electron chi connectivity index (χ0n) is 7.38. The van der Waals surface area contributed by atoms with Gasteiger partial charge in [-0.3, -0.25) is 0 Å². The number of hydrogen-bond donors (Lipinski definition) is 1. The van der Waals surface area contributed by atoms with Crippen LogP contribution in [0.1, 0.15) is 26.7 Å². The van der Waals surface area contributed by atoms with E-state index in [2.05, 4.69) is 13.8 Å². The van der Waals surface area contributed by atoms with E-state index in [9.17, 15) is 0 Å². The molecule has 0 aliphatic carbocycles. The van der Waals surface area contributed by atoms with Crippen LogP contribution in [-0.2, 0) is 4.18 Å². The SMILES string of the molecule is CC(C)COSCCCCO. The fraction of sp³-hybridized carbons (Fsp3) is 1.00. The van der Waals surface area contributed by atoms with Gasteiger partial charge in [0, 0.05) is 12.4 Å². The first kappa shape index (κ1) is 11.3. The summed E-state index contributed by atoms with van der Waals surface area (Å²) < 4.78 is 5.28. The van der Waals surface area contributed by atoms with Crippen molar-refractivity contribution < 1.29 is 9.29 Å². The van der Waals surface area contributed by atoms with Gasteiger partial charge < -0.3 is 9.29 Å². The van der Waals surface area contributed by atoms with Crippen LogP contribution in [0.5, 0.6) is 0 Å². The van der Waals surface area contributed by atoms with Crippen LogP contribution in [0, 0.1) is 5.92 Å². The van der Waals surface area contributed by atoms with Crippen LogP contribution in [0.3, 0.4) is 0 Å². The first-order valence-corrected chi connectivity index (χ1v) is 5.03. The van der Waals surface area contributed by atoms with Crippen LogP contribution in [-0.4, -0.2) is 24.1 Å². The molecular formula is C8H18O2S. The lowest BCUT2D eigenvalue weighted by atomic mass is 10.2. The second-order valence-electron chi connectivity index (χ2n) is 2.93. The summed E-state index contributed by atoms with van der Waals surface area (Å²) in [6, 6.07) is 0. The molecule has 0 bridgehead atoms. The smallest absolute Gasteiger partial charge is 0.0636 e. The first-order valence-electron chi connectivity index (χ1n) is 4.12. The molecule has 0 spiro atoms. The molecule has 0 aromatic heterocycles. The minimum atomic E-state index is 0.296. The van der Waals surface area contributed by atoms with E-state index in [1.807, 2.05) is 0 Å². The lowest BCUT2D eigenvalue weighted by Crippen LogP contribution is -1.97. The third-order valence-electron chi connectivity index (χ3n) is 1.12. The largest absolute Gasteiger partial charge is 0.396 e. The number of aliphatic hydroxyl groups excluding tert-OH is 1. The fourth-order valence-electron chi connectivity index (χ4n) is 0.516. The molecule has 0 radical (unpaired) electrons. The predicted molar refractivity (Wildman–Crippen MR) is 49.6 cm³/mol. The third kappa shape index (κ3) is 10.3. The Morgan fingerprint density at radius 1 is 1.36 bits per heavy atom. The first-order chi connectivity index (χ1) is 5.27. The van der Waals surface area contributed by atoms with E-state index in [-0.39, 0.29) is 0 Å². The van der Waals surface area contributed by atoms with Crippen molar-refractivity contribution in [2.75, 3.05) is 19.0 Å². The molecule has 2 nitrogen and oxygen atoms in total. The number of hydrogen-bond acceptors (Lipinski definition) is 3. The minimum absolute atomic E-state index is 0.296. The van der Waals surface area contributed by atoms with E-state index < -0.39 is 0 Å². The summed E-state index contributed by atoms with van der Waals surface area (Å²) in [4.78, 5) is 0.